The van der Waals surface area contributed by atoms with Crippen LogP contribution in [0.25, 0.3) is 0 Å². The zero-order chi connectivity index (χ0) is 14.1. The fraction of sp³-hybridized carbons (Fsp3) is 0.533. The predicted molar refractivity (Wildman–Crippen MR) is 102 cm³/mol. The van der Waals surface area contributed by atoms with Gasteiger partial charge in [0.25, 0.3) is 0 Å². The molecule has 0 aliphatic carbocycles. The minimum absolute atomic E-state index is 0. The van der Waals surface area contributed by atoms with Crippen molar-refractivity contribution >= 4 is 41.3 Å². The average molecular weight is 407 g/mol. The van der Waals surface area contributed by atoms with E-state index in [1.165, 1.54) is 5.56 Å². The Hall–Kier alpha value is -0.560. The van der Waals surface area contributed by atoms with E-state index in [2.05, 4.69) is 52.6 Å². The second kappa shape index (κ2) is 11.1. The van der Waals surface area contributed by atoms with Crippen molar-refractivity contribution < 1.29 is 0 Å². The summed E-state index contributed by atoms with van der Waals surface area (Å²) in [6.07, 6.45) is 4.12. The molecule has 1 N–H and O–H groups in total. The first-order valence-electron chi connectivity index (χ1n) is 6.73. The number of unbranched alkanes of at least 4 members (excludes halogenated alkanes) is 1. The molecule has 0 amide bonds. The molecule has 0 radical (unpaired) electrons. The molecule has 0 aromatic carbocycles. The van der Waals surface area contributed by atoms with Crippen molar-refractivity contribution in [3.63, 3.8) is 0 Å². The fourth-order valence-electron chi connectivity index (χ4n) is 1.88. The van der Waals surface area contributed by atoms with Crippen molar-refractivity contribution in [1.82, 2.24) is 10.2 Å². The molecule has 0 fully saturated rings. The van der Waals surface area contributed by atoms with E-state index in [4.69, 9.17) is 0 Å². The number of allylic oxidation sites excluding steroid dienone is 1. The Morgan fingerprint density at radius 1 is 1.60 bits per heavy atom. The van der Waals surface area contributed by atoms with Crippen molar-refractivity contribution in [1.29, 1.82) is 0 Å². The van der Waals surface area contributed by atoms with Crippen LogP contribution in [-0.4, -0.2) is 38.0 Å². The molecule has 0 saturated heterocycles. The molecule has 0 saturated carbocycles. The Morgan fingerprint density at radius 3 is 2.90 bits per heavy atom. The first-order valence-corrected chi connectivity index (χ1v) is 7.68. The second-order valence-corrected chi connectivity index (χ2v) is 5.52. The van der Waals surface area contributed by atoms with E-state index in [0.29, 0.717) is 5.92 Å². The molecule has 20 heavy (non-hydrogen) atoms. The van der Waals surface area contributed by atoms with Gasteiger partial charge in [-0.25, -0.2) is 0 Å². The van der Waals surface area contributed by atoms with Gasteiger partial charge < -0.3 is 10.2 Å². The summed E-state index contributed by atoms with van der Waals surface area (Å²) in [6.45, 7) is 7.89. The number of hydrogen-bond donors (Lipinski definition) is 1. The third-order valence-corrected chi connectivity index (χ3v) is 3.86. The Bertz CT molecular complexity index is 390. The SMILES string of the molecule is C=CCCCN(C)C(=NC)NCC(C)c1ccsc1.I. The first kappa shape index (κ1) is 19.4. The number of hydrogen-bond acceptors (Lipinski definition) is 2. The number of thiophene rings is 1. The minimum Gasteiger partial charge on any atom is -0.356 e. The molecule has 1 aromatic rings. The highest BCUT2D eigenvalue weighted by Gasteiger charge is 2.09. The molecule has 1 atom stereocenters. The normalized spacial score (nSPS) is 12.4. The van der Waals surface area contributed by atoms with Gasteiger partial charge in [-0.15, -0.1) is 30.6 Å². The van der Waals surface area contributed by atoms with Gasteiger partial charge in [0.1, 0.15) is 0 Å². The number of guanidine groups is 1. The van der Waals surface area contributed by atoms with Crippen LogP contribution >= 0.6 is 35.3 Å². The zero-order valence-corrected chi connectivity index (χ0v) is 15.8. The fourth-order valence-corrected chi connectivity index (χ4v) is 2.66. The van der Waals surface area contributed by atoms with Gasteiger partial charge in [-0.05, 0) is 41.1 Å². The lowest BCUT2D eigenvalue weighted by Crippen LogP contribution is -2.40. The molecule has 0 bridgehead atoms. The maximum Gasteiger partial charge on any atom is 0.193 e. The summed E-state index contributed by atoms with van der Waals surface area (Å²) in [5.41, 5.74) is 1.39. The van der Waals surface area contributed by atoms with Crippen LogP contribution in [0.2, 0.25) is 0 Å². The van der Waals surface area contributed by atoms with Gasteiger partial charge in [-0.3, -0.25) is 4.99 Å². The van der Waals surface area contributed by atoms with E-state index >= 15 is 0 Å². The number of nitrogens with one attached hydrogen (secondary N) is 1. The van der Waals surface area contributed by atoms with Gasteiger partial charge in [0, 0.05) is 27.2 Å². The second-order valence-electron chi connectivity index (χ2n) is 4.74. The van der Waals surface area contributed by atoms with E-state index < -0.39 is 0 Å². The first-order chi connectivity index (χ1) is 9.19. The van der Waals surface area contributed by atoms with E-state index in [9.17, 15) is 0 Å². The number of rotatable bonds is 7. The molecule has 1 heterocycles. The Kier molecular flexibility index (Phi) is 10.8. The molecule has 0 aliphatic rings. The minimum atomic E-state index is 0. The quantitative estimate of drug-likeness (QED) is 0.244. The van der Waals surface area contributed by atoms with Crippen LogP contribution in [0, 0.1) is 0 Å². The zero-order valence-electron chi connectivity index (χ0n) is 12.6. The van der Waals surface area contributed by atoms with E-state index in [-0.39, 0.29) is 24.0 Å². The van der Waals surface area contributed by atoms with Crippen molar-refractivity contribution in [3.05, 3.63) is 35.0 Å². The number of aliphatic imine (C=N–C) groups is 1. The summed E-state index contributed by atoms with van der Waals surface area (Å²) >= 11 is 1.75. The summed E-state index contributed by atoms with van der Waals surface area (Å²) in [5.74, 6) is 1.47. The van der Waals surface area contributed by atoms with Crippen LogP contribution < -0.4 is 5.32 Å². The Balaban J connectivity index is 0.00000361. The van der Waals surface area contributed by atoms with Crippen LogP contribution in [0.15, 0.2) is 34.5 Å². The van der Waals surface area contributed by atoms with Gasteiger partial charge in [0.15, 0.2) is 5.96 Å². The lowest BCUT2D eigenvalue weighted by atomic mass is 10.1. The smallest absolute Gasteiger partial charge is 0.193 e. The van der Waals surface area contributed by atoms with Crippen LogP contribution in [0.3, 0.4) is 0 Å². The lowest BCUT2D eigenvalue weighted by molar-refractivity contribution is 0.467. The number of nitrogens with zero attached hydrogens (tertiary/aromatic N) is 2. The van der Waals surface area contributed by atoms with Crippen molar-refractivity contribution in [2.75, 3.05) is 27.2 Å². The Morgan fingerprint density at radius 2 is 2.35 bits per heavy atom. The lowest BCUT2D eigenvalue weighted by Gasteiger charge is -2.23. The monoisotopic (exact) mass is 407 g/mol. The molecular formula is C15H26IN3S. The molecule has 0 spiro atoms. The van der Waals surface area contributed by atoms with Gasteiger partial charge in [-0.2, -0.15) is 11.3 Å². The van der Waals surface area contributed by atoms with Gasteiger partial charge in [0.2, 0.25) is 0 Å². The topological polar surface area (TPSA) is 27.6 Å². The molecule has 0 aliphatic heterocycles. The van der Waals surface area contributed by atoms with E-state index in [1.807, 2.05) is 13.1 Å². The summed E-state index contributed by atoms with van der Waals surface area (Å²) in [6, 6.07) is 2.19. The molecule has 3 nitrogen and oxygen atoms in total. The van der Waals surface area contributed by atoms with E-state index in [1.54, 1.807) is 11.3 Å². The maximum absolute atomic E-state index is 4.33. The molecule has 1 unspecified atom stereocenters. The number of halogens is 1. The van der Waals surface area contributed by atoms with Crippen LogP contribution in [-0.2, 0) is 0 Å². The third kappa shape index (κ3) is 6.74. The highest BCUT2D eigenvalue weighted by Crippen LogP contribution is 2.17. The Labute approximate surface area is 144 Å². The molecule has 5 heteroatoms. The van der Waals surface area contributed by atoms with Crippen LogP contribution in [0.5, 0.6) is 0 Å². The van der Waals surface area contributed by atoms with Crippen LogP contribution in [0.1, 0.15) is 31.2 Å². The summed E-state index contributed by atoms with van der Waals surface area (Å²) < 4.78 is 0. The molecule has 114 valence electrons. The molecule has 1 rings (SSSR count). The highest BCUT2D eigenvalue weighted by molar-refractivity contribution is 14.0. The van der Waals surface area contributed by atoms with Crippen molar-refractivity contribution in [2.24, 2.45) is 4.99 Å². The highest BCUT2D eigenvalue weighted by atomic mass is 127. The summed E-state index contributed by atoms with van der Waals surface area (Å²) in [4.78, 5) is 6.50. The average Bonchev–Trinajstić information content (AvgIpc) is 2.93. The largest absolute Gasteiger partial charge is 0.356 e. The van der Waals surface area contributed by atoms with Crippen molar-refractivity contribution in [2.45, 2.75) is 25.7 Å². The summed E-state index contributed by atoms with van der Waals surface area (Å²) in [7, 11) is 3.91. The van der Waals surface area contributed by atoms with Crippen molar-refractivity contribution in [3.8, 4) is 0 Å². The van der Waals surface area contributed by atoms with Gasteiger partial charge in [0.05, 0.1) is 0 Å². The van der Waals surface area contributed by atoms with Gasteiger partial charge >= 0.3 is 0 Å². The summed E-state index contributed by atoms with van der Waals surface area (Å²) in [5, 5.41) is 7.78. The molecule has 1 aromatic heterocycles. The third-order valence-electron chi connectivity index (χ3n) is 3.15. The standard InChI is InChI=1S/C15H25N3S.HI/c1-5-6-7-9-18(4)15(16-3)17-11-13(2)14-8-10-19-12-14;/h5,8,10,12-13H,1,6-7,9,11H2,2-4H3,(H,16,17);1H. The molecular weight excluding hydrogens is 381 g/mol. The van der Waals surface area contributed by atoms with Crippen LogP contribution in [0.4, 0.5) is 0 Å². The van der Waals surface area contributed by atoms with Gasteiger partial charge in [-0.1, -0.05) is 13.0 Å². The predicted octanol–water partition coefficient (Wildman–Crippen LogP) is 3.94. The van der Waals surface area contributed by atoms with E-state index in [0.717, 1.165) is 31.9 Å². The maximum atomic E-state index is 4.33.